The molecular formula is C19H27BrN4OS. The maximum atomic E-state index is 12.7. The molecule has 0 aromatic carbocycles. The summed E-state index contributed by atoms with van der Waals surface area (Å²) in [7, 11) is 0. The van der Waals surface area contributed by atoms with Crippen molar-refractivity contribution in [3.63, 3.8) is 0 Å². The van der Waals surface area contributed by atoms with Gasteiger partial charge in [0, 0.05) is 29.8 Å². The van der Waals surface area contributed by atoms with E-state index >= 15 is 0 Å². The highest BCUT2D eigenvalue weighted by molar-refractivity contribution is 9.10. The monoisotopic (exact) mass is 438 g/mol. The number of aromatic nitrogens is 3. The molecule has 5 nitrogen and oxygen atoms in total. The van der Waals surface area contributed by atoms with Crippen molar-refractivity contribution in [2.45, 2.75) is 74.6 Å². The fourth-order valence-corrected chi connectivity index (χ4v) is 8.19. The number of carbonyl (C=O) groups is 1. The van der Waals surface area contributed by atoms with Gasteiger partial charge in [-0.05, 0) is 80.8 Å². The van der Waals surface area contributed by atoms with E-state index in [1.807, 2.05) is 0 Å². The van der Waals surface area contributed by atoms with Gasteiger partial charge in [0.15, 0.2) is 4.77 Å². The molecule has 26 heavy (non-hydrogen) atoms. The van der Waals surface area contributed by atoms with Crippen LogP contribution in [0.15, 0.2) is 0 Å². The Labute approximate surface area is 167 Å². The molecule has 1 amide bonds. The van der Waals surface area contributed by atoms with E-state index in [2.05, 4.69) is 36.0 Å². The molecule has 1 heterocycles. The number of alkyl halides is 1. The molecule has 5 aliphatic carbocycles. The summed E-state index contributed by atoms with van der Waals surface area (Å²) in [6, 6.07) is 0. The molecule has 5 aliphatic rings. The van der Waals surface area contributed by atoms with E-state index in [4.69, 9.17) is 12.2 Å². The van der Waals surface area contributed by atoms with Gasteiger partial charge in [0.05, 0.1) is 0 Å². The second kappa shape index (κ2) is 6.16. The summed E-state index contributed by atoms with van der Waals surface area (Å²) >= 11 is 9.38. The number of halogens is 1. The van der Waals surface area contributed by atoms with Crippen LogP contribution in [0.3, 0.4) is 0 Å². The van der Waals surface area contributed by atoms with Crippen molar-refractivity contribution in [1.29, 1.82) is 0 Å². The van der Waals surface area contributed by atoms with Crippen LogP contribution >= 0.6 is 28.1 Å². The number of rotatable bonds is 6. The maximum Gasteiger partial charge on any atom is 0.220 e. The van der Waals surface area contributed by atoms with Gasteiger partial charge in [-0.2, -0.15) is 5.10 Å². The summed E-state index contributed by atoms with van der Waals surface area (Å²) in [6.45, 7) is 1.35. The molecule has 5 fully saturated rings. The van der Waals surface area contributed by atoms with Crippen LogP contribution in [0, 0.1) is 22.0 Å². The Bertz CT molecular complexity index is 769. The van der Waals surface area contributed by atoms with Gasteiger partial charge in [-0.3, -0.25) is 9.89 Å². The molecule has 0 radical (unpaired) electrons. The SMILES string of the molecule is O=C(CC12C[C@H]3C[C@@H](CC(Br)(C3)C1)C2)NCCn1c(C2CC2)n[nH]c1=S. The Morgan fingerprint density at radius 2 is 2.04 bits per heavy atom. The zero-order valence-corrected chi connectivity index (χ0v) is 17.5. The molecule has 4 bridgehead atoms. The average molecular weight is 439 g/mol. The van der Waals surface area contributed by atoms with E-state index in [-0.39, 0.29) is 11.3 Å². The van der Waals surface area contributed by atoms with Crippen molar-refractivity contribution in [2.75, 3.05) is 6.54 Å². The van der Waals surface area contributed by atoms with Crippen LogP contribution < -0.4 is 5.32 Å². The first kappa shape index (κ1) is 17.4. The van der Waals surface area contributed by atoms with Gasteiger partial charge < -0.3 is 9.88 Å². The maximum absolute atomic E-state index is 12.7. The minimum absolute atomic E-state index is 0.214. The zero-order valence-electron chi connectivity index (χ0n) is 15.1. The summed E-state index contributed by atoms with van der Waals surface area (Å²) in [5.41, 5.74) is 0.239. The number of H-pyrrole nitrogens is 1. The Hall–Kier alpha value is -0.690. The molecule has 0 spiro atoms. The topological polar surface area (TPSA) is 62.7 Å². The highest BCUT2D eigenvalue weighted by atomic mass is 79.9. The largest absolute Gasteiger partial charge is 0.354 e. The predicted octanol–water partition coefficient (Wildman–Crippen LogP) is 4.06. The molecule has 6 rings (SSSR count). The summed E-state index contributed by atoms with van der Waals surface area (Å²) in [5.74, 6) is 3.49. The number of carbonyl (C=O) groups excluding carboxylic acids is 1. The Balaban J connectivity index is 1.18. The first-order valence-electron chi connectivity index (χ1n) is 10.0. The molecule has 0 unspecified atom stereocenters. The van der Waals surface area contributed by atoms with Gasteiger partial charge in [-0.1, -0.05) is 15.9 Å². The molecule has 142 valence electrons. The van der Waals surface area contributed by atoms with Crippen LogP contribution in [0.25, 0.3) is 0 Å². The second-order valence-corrected chi connectivity index (χ2v) is 11.5. The smallest absolute Gasteiger partial charge is 0.220 e. The molecule has 1 aromatic rings. The minimum atomic E-state index is 0.214. The molecule has 7 heteroatoms. The van der Waals surface area contributed by atoms with Crippen molar-refractivity contribution in [2.24, 2.45) is 17.3 Å². The average Bonchev–Trinajstić information content (AvgIpc) is 3.29. The number of nitrogens with zero attached hydrogens (tertiary/aromatic N) is 2. The van der Waals surface area contributed by atoms with E-state index in [0.717, 1.165) is 17.7 Å². The highest BCUT2D eigenvalue weighted by Gasteiger charge is 2.57. The number of nitrogens with one attached hydrogen (secondary N) is 2. The lowest BCUT2D eigenvalue weighted by Crippen LogP contribution is -2.54. The fraction of sp³-hybridized carbons (Fsp3) is 0.842. The van der Waals surface area contributed by atoms with Crippen LogP contribution in [0.2, 0.25) is 0 Å². The van der Waals surface area contributed by atoms with Crippen LogP contribution in [0.5, 0.6) is 0 Å². The molecular weight excluding hydrogens is 412 g/mol. The predicted molar refractivity (Wildman–Crippen MR) is 106 cm³/mol. The third-order valence-corrected chi connectivity index (χ3v) is 8.27. The Morgan fingerprint density at radius 3 is 2.69 bits per heavy atom. The van der Waals surface area contributed by atoms with Crippen molar-refractivity contribution in [3.05, 3.63) is 10.6 Å². The van der Waals surface area contributed by atoms with Gasteiger partial charge in [0.1, 0.15) is 5.82 Å². The Morgan fingerprint density at radius 1 is 1.31 bits per heavy atom. The van der Waals surface area contributed by atoms with E-state index in [1.54, 1.807) is 0 Å². The summed E-state index contributed by atoms with van der Waals surface area (Å²) in [6.07, 6.45) is 10.8. The quantitative estimate of drug-likeness (QED) is 0.519. The van der Waals surface area contributed by atoms with E-state index in [0.29, 0.717) is 34.5 Å². The second-order valence-electron chi connectivity index (χ2n) is 9.45. The van der Waals surface area contributed by atoms with Gasteiger partial charge in [0.25, 0.3) is 0 Å². The molecule has 1 aromatic heterocycles. The number of hydrogen-bond donors (Lipinski definition) is 2. The normalized spacial score (nSPS) is 37.9. The minimum Gasteiger partial charge on any atom is -0.354 e. The van der Waals surface area contributed by atoms with Crippen LogP contribution in [0.4, 0.5) is 0 Å². The Kier molecular flexibility index (Phi) is 4.12. The van der Waals surface area contributed by atoms with Crippen LogP contribution in [0.1, 0.15) is 69.5 Å². The first-order chi connectivity index (χ1) is 12.4. The van der Waals surface area contributed by atoms with Crippen molar-refractivity contribution in [1.82, 2.24) is 20.1 Å². The third kappa shape index (κ3) is 3.19. The van der Waals surface area contributed by atoms with E-state index < -0.39 is 0 Å². The van der Waals surface area contributed by atoms with Gasteiger partial charge in [0.2, 0.25) is 5.91 Å². The van der Waals surface area contributed by atoms with Crippen LogP contribution in [-0.4, -0.2) is 31.5 Å². The summed E-state index contributed by atoms with van der Waals surface area (Å²) in [5, 5.41) is 10.4. The number of hydrogen-bond acceptors (Lipinski definition) is 3. The third-order valence-electron chi connectivity index (χ3n) is 7.03. The fourth-order valence-electron chi connectivity index (χ4n) is 6.45. The summed E-state index contributed by atoms with van der Waals surface area (Å²) in [4.78, 5) is 12.7. The summed E-state index contributed by atoms with van der Waals surface area (Å²) < 4.78 is 3.05. The van der Waals surface area contributed by atoms with E-state index in [1.165, 1.54) is 51.4 Å². The zero-order chi connectivity index (χ0) is 17.9. The van der Waals surface area contributed by atoms with Gasteiger partial charge >= 0.3 is 0 Å². The molecule has 0 saturated heterocycles. The van der Waals surface area contributed by atoms with E-state index in [9.17, 15) is 4.79 Å². The van der Waals surface area contributed by atoms with Crippen LogP contribution in [-0.2, 0) is 11.3 Å². The van der Waals surface area contributed by atoms with Gasteiger partial charge in [-0.25, -0.2) is 0 Å². The number of amides is 1. The highest BCUT2D eigenvalue weighted by Crippen LogP contribution is 2.65. The van der Waals surface area contributed by atoms with Crippen molar-refractivity contribution in [3.8, 4) is 0 Å². The molecule has 0 aliphatic heterocycles. The molecule has 5 saturated carbocycles. The lowest BCUT2D eigenvalue weighted by molar-refractivity contribution is -0.128. The lowest BCUT2D eigenvalue weighted by atomic mass is 9.48. The standard InChI is InChI=1S/C19H27BrN4OS/c20-19-8-12-5-13(9-19)7-18(6-12,11-19)10-15(25)21-3-4-24-16(14-1-2-14)22-23-17(24)26/h12-14H,1-11H2,(H,21,25)(H,23,26)/t12-,13-,18?,19?/m1/s1. The lowest BCUT2D eigenvalue weighted by Gasteiger charge is -2.60. The van der Waals surface area contributed by atoms with Crippen molar-refractivity contribution >= 4 is 34.1 Å². The molecule has 2 N–H and O–H groups in total. The van der Waals surface area contributed by atoms with Gasteiger partial charge in [-0.15, -0.1) is 0 Å². The number of aromatic amines is 1. The first-order valence-corrected chi connectivity index (χ1v) is 11.2. The van der Waals surface area contributed by atoms with Crippen molar-refractivity contribution < 1.29 is 4.79 Å². The molecule has 2 atom stereocenters.